The van der Waals surface area contributed by atoms with Crippen LogP contribution in [0, 0.1) is 5.82 Å². The highest BCUT2D eigenvalue weighted by Gasteiger charge is 2.29. The first-order chi connectivity index (χ1) is 12.8. The van der Waals surface area contributed by atoms with Crippen LogP contribution < -0.4 is 10.0 Å². The van der Waals surface area contributed by atoms with Gasteiger partial charge in [-0.25, -0.2) is 22.3 Å². The van der Waals surface area contributed by atoms with E-state index in [0.717, 1.165) is 17.8 Å². The normalized spacial score (nSPS) is 20.2. The van der Waals surface area contributed by atoms with Crippen LogP contribution in [0.2, 0.25) is 4.34 Å². The van der Waals surface area contributed by atoms with Crippen LogP contribution in [0.5, 0.6) is 0 Å². The maximum Gasteiger partial charge on any atom is 0.411 e. The zero-order valence-corrected chi connectivity index (χ0v) is 16.5. The average molecular weight is 433 g/mol. The van der Waals surface area contributed by atoms with E-state index < -0.39 is 28.0 Å². The summed E-state index contributed by atoms with van der Waals surface area (Å²) in [5.41, 5.74) is 0.420. The molecule has 2 aromatic rings. The molecule has 0 unspecified atom stereocenters. The van der Waals surface area contributed by atoms with Gasteiger partial charge < -0.3 is 4.74 Å². The summed E-state index contributed by atoms with van der Waals surface area (Å²) in [5, 5.41) is 2.53. The summed E-state index contributed by atoms with van der Waals surface area (Å²) in [5.74, 6) is -0.400. The Bertz CT molecular complexity index is 902. The molecule has 0 bridgehead atoms. The highest BCUT2D eigenvalue weighted by atomic mass is 35.5. The van der Waals surface area contributed by atoms with Crippen molar-refractivity contribution in [1.82, 2.24) is 4.72 Å². The number of halogens is 2. The maximum atomic E-state index is 12.9. The molecule has 1 saturated carbocycles. The quantitative estimate of drug-likeness (QED) is 0.734. The lowest BCUT2D eigenvalue weighted by atomic mass is 9.94. The van der Waals surface area contributed by atoms with Crippen molar-refractivity contribution in [3.63, 3.8) is 0 Å². The van der Waals surface area contributed by atoms with Crippen molar-refractivity contribution in [2.45, 2.75) is 42.0 Å². The number of carbonyl (C=O) groups excluding carboxylic acids is 1. The molecular weight excluding hydrogens is 415 g/mol. The fourth-order valence-electron chi connectivity index (χ4n) is 2.91. The number of hydrogen-bond acceptors (Lipinski definition) is 5. The molecule has 3 rings (SSSR count). The number of hydrogen-bond donors (Lipinski definition) is 2. The minimum Gasteiger partial charge on any atom is -0.446 e. The molecule has 2 N–H and O–H groups in total. The van der Waals surface area contributed by atoms with Gasteiger partial charge in [-0.3, -0.25) is 5.32 Å². The molecule has 1 fully saturated rings. The molecule has 1 aliphatic carbocycles. The number of carbonyl (C=O) groups is 1. The smallest absolute Gasteiger partial charge is 0.411 e. The second-order valence-electron chi connectivity index (χ2n) is 6.20. The molecule has 1 aromatic heterocycles. The third kappa shape index (κ3) is 5.65. The number of sulfonamides is 1. The molecule has 0 radical (unpaired) electrons. The molecule has 10 heteroatoms. The van der Waals surface area contributed by atoms with Crippen LogP contribution >= 0.6 is 22.9 Å². The fraction of sp³-hybridized carbons (Fsp3) is 0.353. The standard InChI is InChI=1S/C17H18ClFN2O4S2/c18-15-8-9-16(26-15)27(23,24)21-13-2-1-3-14(10-13)25-17(22)20-12-6-4-11(19)5-7-12/h4-9,13-14,21H,1-3,10H2,(H,20,22)/t13-,14-/m0/s1. The van der Waals surface area contributed by atoms with Gasteiger partial charge in [0.1, 0.15) is 16.1 Å². The summed E-state index contributed by atoms with van der Waals surface area (Å²) >= 11 is 6.80. The Labute approximate surface area is 165 Å². The van der Waals surface area contributed by atoms with Gasteiger partial charge in [-0.15, -0.1) is 11.3 Å². The lowest BCUT2D eigenvalue weighted by molar-refractivity contribution is 0.0793. The summed E-state index contributed by atoms with van der Waals surface area (Å²) in [6.07, 6.45) is 1.37. The summed E-state index contributed by atoms with van der Waals surface area (Å²) in [6, 6.07) is 8.00. The van der Waals surface area contributed by atoms with Gasteiger partial charge in [0, 0.05) is 18.2 Å². The van der Waals surface area contributed by atoms with Gasteiger partial charge in [-0.2, -0.15) is 0 Å². The van der Waals surface area contributed by atoms with E-state index in [1.54, 1.807) is 0 Å². The van der Waals surface area contributed by atoms with Crippen molar-refractivity contribution < 1.29 is 22.3 Å². The maximum absolute atomic E-state index is 12.9. The van der Waals surface area contributed by atoms with Crippen LogP contribution in [0.25, 0.3) is 0 Å². The van der Waals surface area contributed by atoms with E-state index in [1.807, 2.05) is 0 Å². The monoisotopic (exact) mass is 432 g/mol. The lowest BCUT2D eigenvalue weighted by Gasteiger charge is -2.29. The summed E-state index contributed by atoms with van der Waals surface area (Å²) in [7, 11) is -3.65. The first-order valence-electron chi connectivity index (χ1n) is 8.33. The molecule has 1 amide bonds. The van der Waals surface area contributed by atoms with Crippen molar-refractivity contribution >= 4 is 44.7 Å². The Morgan fingerprint density at radius 2 is 1.93 bits per heavy atom. The molecule has 1 aliphatic rings. The van der Waals surface area contributed by atoms with E-state index in [9.17, 15) is 17.6 Å². The van der Waals surface area contributed by atoms with E-state index in [4.69, 9.17) is 16.3 Å². The number of thiophene rings is 1. The largest absolute Gasteiger partial charge is 0.446 e. The van der Waals surface area contributed by atoms with Crippen LogP contribution in [-0.2, 0) is 14.8 Å². The van der Waals surface area contributed by atoms with E-state index in [-0.39, 0.29) is 10.3 Å². The third-order valence-electron chi connectivity index (χ3n) is 4.13. The zero-order chi connectivity index (χ0) is 19.4. The third-order valence-corrected chi connectivity index (χ3v) is 7.37. The van der Waals surface area contributed by atoms with Crippen molar-refractivity contribution in [2.75, 3.05) is 5.32 Å². The summed E-state index contributed by atoms with van der Waals surface area (Å²) < 4.78 is 46.3. The number of anilines is 1. The topological polar surface area (TPSA) is 84.5 Å². The number of ether oxygens (including phenoxy) is 1. The van der Waals surface area contributed by atoms with E-state index in [0.29, 0.717) is 29.3 Å². The predicted molar refractivity (Wildman–Crippen MR) is 102 cm³/mol. The fourth-order valence-corrected chi connectivity index (χ4v) is 5.69. The van der Waals surface area contributed by atoms with Crippen LogP contribution in [0.4, 0.5) is 14.9 Å². The van der Waals surface area contributed by atoms with E-state index in [2.05, 4.69) is 10.0 Å². The second kappa shape index (κ2) is 8.55. The number of benzene rings is 1. The Kier molecular flexibility index (Phi) is 6.36. The van der Waals surface area contributed by atoms with Crippen LogP contribution in [-0.4, -0.2) is 26.7 Å². The first-order valence-corrected chi connectivity index (χ1v) is 11.0. The van der Waals surface area contributed by atoms with Gasteiger partial charge in [-0.1, -0.05) is 11.6 Å². The van der Waals surface area contributed by atoms with E-state index >= 15 is 0 Å². The van der Waals surface area contributed by atoms with Crippen molar-refractivity contribution in [3.05, 3.63) is 46.6 Å². The molecule has 0 saturated heterocycles. The Hall–Kier alpha value is -1.68. The molecule has 6 nitrogen and oxygen atoms in total. The minimum absolute atomic E-state index is 0.157. The lowest BCUT2D eigenvalue weighted by Crippen LogP contribution is -2.41. The second-order valence-corrected chi connectivity index (χ2v) is 9.86. The van der Waals surface area contributed by atoms with Gasteiger partial charge in [0.15, 0.2) is 0 Å². The van der Waals surface area contributed by atoms with Gasteiger partial charge in [0.05, 0.1) is 4.34 Å². The molecule has 0 aliphatic heterocycles. The molecular formula is C17H18ClFN2O4S2. The number of rotatable bonds is 5. The summed E-state index contributed by atoms with van der Waals surface area (Å²) in [6.45, 7) is 0. The van der Waals surface area contributed by atoms with Crippen LogP contribution in [0.1, 0.15) is 25.7 Å². The first kappa shape index (κ1) is 20.1. The van der Waals surface area contributed by atoms with Crippen LogP contribution in [0.15, 0.2) is 40.6 Å². The van der Waals surface area contributed by atoms with Gasteiger partial charge >= 0.3 is 6.09 Å². The van der Waals surface area contributed by atoms with Crippen molar-refractivity contribution in [2.24, 2.45) is 0 Å². The van der Waals surface area contributed by atoms with Gasteiger partial charge in [0.2, 0.25) is 10.0 Å². The van der Waals surface area contributed by atoms with Crippen molar-refractivity contribution in [1.29, 1.82) is 0 Å². The highest BCUT2D eigenvalue weighted by molar-refractivity contribution is 7.91. The minimum atomic E-state index is -3.65. The number of amides is 1. The number of nitrogens with one attached hydrogen (secondary N) is 2. The molecule has 0 spiro atoms. The molecule has 2 atom stereocenters. The van der Waals surface area contributed by atoms with Gasteiger partial charge in [-0.05, 0) is 55.7 Å². The van der Waals surface area contributed by atoms with Crippen molar-refractivity contribution in [3.8, 4) is 0 Å². The average Bonchev–Trinajstić information content (AvgIpc) is 3.04. The van der Waals surface area contributed by atoms with Gasteiger partial charge in [0.25, 0.3) is 0 Å². The highest BCUT2D eigenvalue weighted by Crippen LogP contribution is 2.28. The molecule has 1 heterocycles. The zero-order valence-electron chi connectivity index (χ0n) is 14.2. The van der Waals surface area contributed by atoms with Crippen LogP contribution in [0.3, 0.4) is 0 Å². The predicted octanol–water partition coefficient (Wildman–Crippen LogP) is 4.38. The summed E-state index contributed by atoms with van der Waals surface area (Å²) in [4.78, 5) is 12.0. The molecule has 146 valence electrons. The molecule has 1 aromatic carbocycles. The Morgan fingerprint density at radius 3 is 2.59 bits per heavy atom. The Balaban J connectivity index is 1.54. The SMILES string of the molecule is O=C(Nc1ccc(F)cc1)O[C@H]1CCC[C@H](NS(=O)(=O)c2ccc(Cl)s2)C1. The Morgan fingerprint density at radius 1 is 1.19 bits per heavy atom. The molecule has 27 heavy (non-hydrogen) atoms. The van der Waals surface area contributed by atoms with E-state index in [1.165, 1.54) is 36.4 Å².